The number of halogens is 1. The van der Waals surface area contributed by atoms with Gasteiger partial charge in [-0.05, 0) is 12.1 Å². The molecular weight excluding hydrogens is 390 g/mol. The molecule has 9 heteroatoms. The van der Waals surface area contributed by atoms with E-state index in [9.17, 15) is 0 Å². The van der Waals surface area contributed by atoms with Crippen molar-refractivity contribution in [3.05, 3.63) is 53.4 Å². The number of anilines is 1. The molecule has 1 aliphatic rings. The van der Waals surface area contributed by atoms with Gasteiger partial charge in [-0.25, -0.2) is 20.0 Å². The highest BCUT2D eigenvalue weighted by molar-refractivity contribution is 6.33. The lowest BCUT2D eigenvalue weighted by Crippen LogP contribution is -2.11. The van der Waals surface area contributed by atoms with Gasteiger partial charge in [-0.2, -0.15) is 0 Å². The molecule has 0 fully saturated rings. The molecule has 0 saturated carbocycles. The first-order chi connectivity index (χ1) is 14.1. The van der Waals surface area contributed by atoms with Crippen LogP contribution in [0.25, 0.3) is 11.4 Å². The second-order valence-corrected chi connectivity index (χ2v) is 7.00. The standard InChI is InChI=1S/C20H20ClN7O/c1-27(2)18-9-17-13(10-23-18)20-26-16(11-28(20)7-8-29-17)19(24-12-22)25-15-6-4-3-5-14(15)21/h3-6,9-12H,7-8H2,1-2H3,(H2,22,24,25). The SMILES string of the molecule is CN(C)c1cc2c(cn1)-c1nc(C(N=CN)=Nc3ccccc3Cl)cn1CCO2. The van der Waals surface area contributed by atoms with Crippen molar-refractivity contribution in [1.82, 2.24) is 14.5 Å². The quantitative estimate of drug-likeness (QED) is 0.529. The minimum atomic E-state index is 0.376. The van der Waals surface area contributed by atoms with Crippen LogP contribution in [0.5, 0.6) is 5.75 Å². The van der Waals surface area contributed by atoms with Gasteiger partial charge >= 0.3 is 0 Å². The molecule has 1 aromatic carbocycles. The van der Waals surface area contributed by atoms with Crippen molar-refractivity contribution in [1.29, 1.82) is 0 Å². The van der Waals surface area contributed by atoms with Crippen molar-refractivity contribution in [2.45, 2.75) is 6.54 Å². The fourth-order valence-electron chi connectivity index (χ4n) is 3.00. The minimum absolute atomic E-state index is 0.376. The lowest BCUT2D eigenvalue weighted by molar-refractivity contribution is 0.306. The number of para-hydroxylation sites is 1. The van der Waals surface area contributed by atoms with Crippen LogP contribution >= 0.6 is 11.6 Å². The maximum absolute atomic E-state index is 6.24. The predicted octanol–water partition coefficient (Wildman–Crippen LogP) is 3.12. The molecule has 0 radical (unpaired) electrons. The Morgan fingerprint density at radius 1 is 1.34 bits per heavy atom. The maximum Gasteiger partial charge on any atom is 0.181 e. The molecule has 3 heterocycles. The molecule has 3 aromatic rings. The molecule has 0 saturated heterocycles. The molecule has 0 bridgehead atoms. The van der Waals surface area contributed by atoms with Gasteiger partial charge in [0.05, 0.1) is 29.2 Å². The summed E-state index contributed by atoms with van der Waals surface area (Å²) in [6, 6.07) is 9.20. The Hall–Kier alpha value is -3.39. The smallest absolute Gasteiger partial charge is 0.181 e. The summed E-state index contributed by atoms with van der Waals surface area (Å²) in [6.07, 6.45) is 4.86. The number of fused-ring (bicyclic) bond motifs is 3. The van der Waals surface area contributed by atoms with Gasteiger partial charge in [-0.3, -0.25) is 0 Å². The van der Waals surface area contributed by atoms with Gasteiger partial charge in [-0.1, -0.05) is 23.7 Å². The van der Waals surface area contributed by atoms with Gasteiger partial charge < -0.3 is 19.9 Å². The number of hydrogen-bond acceptors (Lipinski definition) is 5. The summed E-state index contributed by atoms with van der Waals surface area (Å²) in [5.74, 6) is 2.68. The monoisotopic (exact) mass is 409 g/mol. The molecule has 29 heavy (non-hydrogen) atoms. The molecule has 8 nitrogen and oxygen atoms in total. The Kier molecular flexibility index (Phi) is 5.18. The van der Waals surface area contributed by atoms with Crippen LogP contribution in [0.3, 0.4) is 0 Å². The number of amidine groups is 1. The summed E-state index contributed by atoms with van der Waals surface area (Å²) in [6.45, 7) is 1.16. The molecule has 4 rings (SSSR count). The van der Waals surface area contributed by atoms with Gasteiger partial charge in [-0.15, -0.1) is 0 Å². The summed E-state index contributed by atoms with van der Waals surface area (Å²) in [5.41, 5.74) is 7.55. The van der Waals surface area contributed by atoms with Crippen LogP contribution in [-0.2, 0) is 6.54 Å². The van der Waals surface area contributed by atoms with Crippen molar-refractivity contribution >= 4 is 35.3 Å². The van der Waals surface area contributed by atoms with E-state index in [4.69, 9.17) is 27.1 Å². The highest BCUT2D eigenvalue weighted by atomic mass is 35.5. The van der Waals surface area contributed by atoms with Crippen molar-refractivity contribution in [2.75, 3.05) is 25.6 Å². The van der Waals surface area contributed by atoms with Gasteiger partial charge in [0.25, 0.3) is 0 Å². The zero-order chi connectivity index (χ0) is 20.4. The molecule has 0 unspecified atom stereocenters. The fourth-order valence-corrected chi connectivity index (χ4v) is 3.18. The Bertz CT molecular complexity index is 1100. The zero-order valence-electron chi connectivity index (χ0n) is 16.1. The highest BCUT2D eigenvalue weighted by Crippen LogP contribution is 2.34. The van der Waals surface area contributed by atoms with Crippen molar-refractivity contribution in [2.24, 2.45) is 15.7 Å². The van der Waals surface area contributed by atoms with E-state index in [2.05, 4.69) is 15.0 Å². The van der Waals surface area contributed by atoms with Crippen LogP contribution in [0, 0.1) is 0 Å². The number of pyridine rings is 1. The predicted molar refractivity (Wildman–Crippen MR) is 116 cm³/mol. The number of rotatable bonds is 3. The highest BCUT2D eigenvalue weighted by Gasteiger charge is 2.21. The van der Waals surface area contributed by atoms with Crippen LogP contribution < -0.4 is 15.4 Å². The third kappa shape index (κ3) is 3.79. The van der Waals surface area contributed by atoms with E-state index in [1.54, 1.807) is 12.3 Å². The molecule has 2 aromatic heterocycles. The molecule has 0 amide bonds. The average Bonchev–Trinajstić information content (AvgIpc) is 3.05. The number of nitrogens with two attached hydrogens (primary N) is 1. The number of aliphatic imine (C=N–C) groups is 2. The molecule has 0 atom stereocenters. The molecule has 148 valence electrons. The number of aromatic nitrogens is 3. The number of imidazole rings is 1. The first kappa shape index (κ1) is 18.9. The topological polar surface area (TPSA) is 93.9 Å². The van der Waals surface area contributed by atoms with Crippen molar-refractivity contribution in [3.63, 3.8) is 0 Å². The molecule has 0 spiro atoms. The van der Waals surface area contributed by atoms with E-state index in [1.165, 1.54) is 6.34 Å². The third-order valence-corrected chi connectivity index (χ3v) is 4.74. The van der Waals surface area contributed by atoms with E-state index in [-0.39, 0.29) is 0 Å². The Balaban J connectivity index is 1.80. The third-order valence-electron chi connectivity index (χ3n) is 4.42. The molecule has 2 N–H and O–H groups in total. The number of nitrogens with zero attached hydrogens (tertiary/aromatic N) is 6. The maximum atomic E-state index is 6.24. The number of hydrogen-bond donors (Lipinski definition) is 1. The van der Waals surface area contributed by atoms with Crippen molar-refractivity contribution < 1.29 is 4.74 Å². The van der Waals surface area contributed by atoms with Crippen LogP contribution in [-0.4, -0.2) is 47.4 Å². The molecular formula is C20H20ClN7O. The van der Waals surface area contributed by atoms with Crippen LogP contribution in [0.2, 0.25) is 5.02 Å². The average molecular weight is 410 g/mol. The number of benzene rings is 1. The van der Waals surface area contributed by atoms with Crippen LogP contribution in [0.1, 0.15) is 5.69 Å². The fraction of sp³-hybridized carbons (Fsp3) is 0.200. The lowest BCUT2D eigenvalue weighted by Gasteiger charge is -2.13. The largest absolute Gasteiger partial charge is 0.491 e. The summed E-state index contributed by atoms with van der Waals surface area (Å²) < 4.78 is 7.92. The lowest BCUT2D eigenvalue weighted by atomic mass is 10.2. The van der Waals surface area contributed by atoms with E-state index in [0.29, 0.717) is 35.4 Å². The minimum Gasteiger partial charge on any atom is -0.491 e. The summed E-state index contributed by atoms with van der Waals surface area (Å²) >= 11 is 6.24. The second kappa shape index (κ2) is 7.92. The first-order valence-electron chi connectivity index (χ1n) is 9.02. The summed E-state index contributed by atoms with van der Waals surface area (Å²) in [5, 5.41) is 0.525. The second-order valence-electron chi connectivity index (χ2n) is 6.59. The Labute approximate surface area is 173 Å². The summed E-state index contributed by atoms with van der Waals surface area (Å²) in [4.78, 5) is 19.9. The van der Waals surface area contributed by atoms with E-state index < -0.39 is 0 Å². The van der Waals surface area contributed by atoms with Crippen molar-refractivity contribution in [3.8, 4) is 17.1 Å². The van der Waals surface area contributed by atoms with E-state index in [0.717, 1.165) is 23.0 Å². The zero-order valence-corrected chi connectivity index (χ0v) is 16.8. The molecule has 1 aliphatic heterocycles. The van der Waals surface area contributed by atoms with Gasteiger partial charge in [0, 0.05) is 32.6 Å². The molecule has 0 aliphatic carbocycles. The van der Waals surface area contributed by atoms with Gasteiger partial charge in [0.2, 0.25) is 0 Å². The van der Waals surface area contributed by atoms with E-state index in [1.807, 2.05) is 54.0 Å². The first-order valence-corrected chi connectivity index (χ1v) is 9.40. The van der Waals surface area contributed by atoms with Gasteiger partial charge in [0.1, 0.15) is 29.7 Å². The van der Waals surface area contributed by atoms with Crippen LogP contribution in [0.15, 0.2) is 52.7 Å². The van der Waals surface area contributed by atoms with E-state index >= 15 is 0 Å². The van der Waals surface area contributed by atoms with Gasteiger partial charge in [0.15, 0.2) is 5.84 Å². The van der Waals surface area contributed by atoms with Crippen LogP contribution in [0.4, 0.5) is 11.5 Å². The number of ether oxygens (including phenoxy) is 1. The Morgan fingerprint density at radius 2 is 2.17 bits per heavy atom. The normalized spacial score (nSPS) is 13.6. The summed E-state index contributed by atoms with van der Waals surface area (Å²) in [7, 11) is 3.87. The Morgan fingerprint density at radius 3 is 2.93 bits per heavy atom.